The monoisotopic (exact) mass is 548 g/mol. The van der Waals surface area contributed by atoms with Crippen LogP contribution in [0.4, 0.5) is 0 Å². The van der Waals surface area contributed by atoms with Gasteiger partial charge in [0.2, 0.25) is 0 Å². The fourth-order valence-electron chi connectivity index (χ4n) is 10.1. The Labute approximate surface area is 236 Å². The topological polar surface area (TPSA) is 99.4 Å². The Morgan fingerprint density at radius 3 is 2.44 bits per heavy atom. The largest absolute Gasteiger partial charge is 0.394 e. The van der Waals surface area contributed by atoms with Crippen LogP contribution in [0.25, 0.3) is 0 Å². The van der Waals surface area contributed by atoms with Crippen LogP contribution in [0, 0.1) is 46.3 Å². The summed E-state index contributed by atoms with van der Waals surface area (Å²) < 4.78 is 11.9. The molecule has 0 bridgehead atoms. The molecule has 39 heavy (non-hydrogen) atoms. The van der Waals surface area contributed by atoms with Gasteiger partial charge in [-0.3, -0.25) is 0 Å². The fraction of sp³-hybridized carbons (Fsp3) is 0.939. The first-order valence-corrected chi connectivity index (χ1v) is 16.1. The van der Waals surface area contributed by atoms with E-state index >= 15 is 0 Å². The molecule has 1 aliphatic heterocycles. The summed E-state index contributed by atoms with van der Waals surface area (Å²) in [7, 11) is 0. The number of hydrogen-bond acceptors (Lipinski definition) is 6. The second-order valence-electron chi connectivity index (χ2n) is 15.0. The first kappa shape index (κ1) is 30.0. The van der Waals surface area contributed by atoms with E-state index in [1.807, 2.05) is 0 Å². The Morgan fingerprint density at radius 2 is 1.72 bits per heavy atom. The van der Waals surface area contributed by atoms with Crippen molar-refractivity contribution in [3.05, 3.63) is 11.6 Å². The number of aliphatic hydroxyl groups excluding tert-OH is 4. The van der Waals surface area contributed by atoms with Gasteiger partial charge in [-0.25, -0.2) is 0 Å². The highest BCUT2D eigenvalue weighted by Gasteiger charge is 2.59. The molecule has 3 saturated carbocycles. The van der Waals surface area contributed by atoms with Crippen molar-refractivity contribution < 1.29 is 29.9 Å². The predicted octanol–water partition coefficient (Wildman–Crippen LogP) is 5.21. The summed E-state index contributed by atoms with van der Waals surface area (Å²) in [6.07, 6.45) is 9.98. The molecule has 0 amide bonds. The number of aliphatic hydroxyl groups is 4. The van der Waals surface area contributed by atoms with Crippen LogP contribution in [0.3, 0.4) is 0 Å². The molecule has 0 radical (unpaired) electrons. The molecule has 4 fully saturated rings. The van der Waals surface area contributed by atoms with Gasteiger partial charge in [-0.15, -0.1) is 0 Å². The molecule has 0 aromatic heterocycles. The molecule has 13 atom stereocenters. The van der Waals surface area contributed by atoms with Crippen LogP contribution in [0.1, 0.15) is 105 Å². The summed E-state index contributed by atoms with van der Waals surface area (Å²) in [6, 6.07) is 0. The highest BCUT2D eigenvalue weighted by Crippen LogP contribution is 2.67. The lowest BCUT2D eigenvalue weighted by molar-refractivity contribution is -0.313. The molecule has 5 rings (SSSR count). The number of allylic oxidation sites excluding steroid dienone is 1. The van der Waals surface area contributed by atoms with Gasteiger partial charge < -0.3 is 29.9 Å². The van der Waals surface area contributed by atoms with E-state index in [4.69, 9.17) is 9.47 Å². The lowest BCUT2D eigenvalue weighted by Crippen LogP contribution is -2.60. The maximum Gasteiger partial charge on any atom is 0.186 e. The maximum absolute atomic E-state index is 10.5. The average molecular weight is 549 g/mol. The molecule has 0 aromatic rings. The molecule has 4 N–H and O–H groups in total. The molecule has 0 spiro atoms. The zero-order valence-corrected chi connectivity index (χ0v) is 25.1. The Bertz CT molecular complexity index is 872. The average Bonchev–Trinajstić information content (AvgIpc) is 3.26. The van der Waals surface area contributed by atoms with E-state index in [9.17, 15) is 20.4 Å². The van der Waals surface area contributed by atoms with Gasteiger partial charge in [0, 0.05) is 0 Å². The zero-order valence-electron chi connectivity index (χ0n) is 25.1. The fourth-order valence-corrected chi connectivity index (χ4v) is 10.1. The molecule has 4 aliphatic carbocycles. The summed E-state index contributed by atoms with van der Waals surface area (Å²) in [5, 5.41) is 40.3. The number of ether oxygens (including phenoxy) is 2. The molecule has 1 saturated heterocycles. The Morgan fingerprint density at radius 1 is 0.949 bits per heavy atom. The van der Waals surface area contributed by atoms with E-state index in [0.29, 0.717) is 5.41 Å². The molecule has 0 aromatic carbocycles. The Hall–Kier alpha value is -0.500. The van der Waals surface area contributed by atoms with Crippen molar-refractivity contribution in [2.75, 3.05) is 6.61 Å². The van der Waals surface area contributed by atoms with Crippen molar-refractivity contribution in [2.45, 2.75) is 142 Å². The second-order valence-corrected chi connectivity index (χ2v) is 15.0. The number of fused-ring (bicyclic) bond motifs is 5. The quantitative estimate of drug-likeness (QED) is 0.311. The van der Waals surface area contributed by atoms with Crippen molar-refractivity contribution in [1.29, 1.82) is 0 Å². The van der Waals surface area contributed by atoms with Gasteiger partial charge in [0.05, 0.1) is 12.7 Å². The summed E-state index contributed by atoms with van der Waals surface area (Å²) >= 11 is 0. The van der Waals surface area contributed by atoms with Crippen LogP contribution in [0.15, 0.2) is 11.6 Å². The first-order chi connectivity index (χ1) is 18.5. The SMILES string of the molecule is CC(C)CCC[C@@H](C)[C@H]1CCC2C3CC=C4CC(O[C@H]5OC(CO)[C@@H](O)[C@H](O)C5O)CC[C@]4(C)C3CC[C@@]21C. The third-order valence-electron chi connectivity index (χ3n) is 12.4. The van der Waals surface area contributed by atoms with E-state index in [1.165, 1.54) is 56.9 Å². The van der Waals surface area contributed by atoms with Gasteiger partial charge in [0.25, 0.3) is 0 Å². The molecule has 1 heterocycles. The Balaban J connectivity index is 1.24. The van der Waals surface area contributed by atoms with E-state index in [-0.39, 0.29) is 11.5 Å². The molecule has 5 aliphatic rings. The third kappa shape index (κ3) is 5.41. The minimum Gasteiger partial charge on any atom is -0.394 e. The minimum atomic E-state index is -1.39. The minimum absolute atomic E-state index is 0.0984. The van der Waals surface area contributed by atoms with Crippen LogP contribution in [-0.2, 0) is 9.47 Å². The summed E-state index contributed by atoms with van der Waals surface area (Å²) in [5.74, 6) is 4.87. The van der Waals surface area contributed by atoms with Gasteiger partial charge in [-0.1, -0.05) is 65.5 Å². The summed E-state index contributed by atoms with van der Waals surface area (Å²) in [4.78, 5) is 0. The van der Waals surface area contributed by atoms with E-state index < -0.39 is 37.3 Å². The van der Waals surface area contributed by atoms with E-state index in [1.54, 1.807) is 0 Å². The van der Waals surface area contributed by atoms with Gasteiger partial charge in [-0.2, -0.15) is 0 Å². The molecule has 6 nitrogen and oxygen atoms in total. The zero-order chi connectivity index (χ0) is 28.1. The third-order valence-corrected chi connectivity index (χ3v) is 12.4. The molecule has 6 heteroatoms. The van der Waals surface area contributed by atoms with Gasteiger partial charge in [0.15, 0.2) is 6.29 Å². The highest BCUT2D eigenvalue weighted by atomic mass is 16.7. The Kier molecular flexibility index (Phi) is 8.95. The van der Waals surface area contributed by atoms with Crippen molar-refractivity contribution >= 4 is 0 Å². The van der Waals surface area contributed by atoms with Crippen molar-refractivity contribution in [3.8, 4) is 0 Å². The highest BCUT2D eigenvalue weighted by molar-refractivity contribution is 5.25. The van der Waals surface area contributed by atoms with Crippen LogP contribution in [0.2, 0.25) is 0 Å². The van der Waals surface area contributed by atoms with Gasteiger partial charge in [-0.05, 0) is 97.7 Å². The maximum atomic E-state index is 10.5. The molecular weight excluding hydrogens is 492 g/mol. The molecular formula is C33H56O6. The first-order valence-electron chi connectivity index (χ1n) is 16.1. The van der Waals surface area contributed by atoms with Crippen LogP contribution < -0.4 is 0 Å². The van der Waals surface area contributed by atoms with Crippen molar-refractivity contribution in [1.82, 2.24) is 0 Å². The predicted molar refractivity (Wildman–Crippen MR) is 152 cm³/mol. The van der Waals surface area contributed by atoms with Crippen LogP contribution in [-0.4, -0.2) is 63.8 Å². The van der Waals surface area contributed by atoms with E-state index in [2.05, 4.69) is 40.7 Å². The summed E-state index contributed by atoms with van der Waals surface area (Å²) in [5.41, 5.74) is 2.20. The van der Waals surface area contributed by atoms with Crippen molar-refractivity contribution in [3.63, 3.8) is 0 Å². The van der Waals surface area contributed by atoms with Crippen LogP contribution >= 0.6 is 0 Å². The lowest BCUT2D eigenvalue weighted by atomic mass is 9.47. The smallest absolute Gasteiger partial charge is 0.186 e. The van der Waals surface area contributed by atoms with Gasteiger partial charge >= 0.3 is 0 Å². The normalized spacial score (nSPS) is 48.7. The van der Waals surface area contributed by atoms with Gasteiger partial charge in [0.1, 0.15) is 24.4 Å². The van der Waals surface area contributed by atoms with E-state index in [0.717, 1.165) is 54.8 Å². The lowest BCUT2D eigenvalue weighted by Gasteiger charge is -2.58. The number of hydrogen-bond donors (Lipinski definition) is 4. The summed E-state index contributed by atoms with van der Waals surface area (Å²) in [6.45, 7) is 12.0. The standard InChI is InChI=1S/C33H56O6/c1-19(2)7-6-8-20(3)24-11-12-25-23-10-9-21-17-22(13-15-32(21,4)26(23)14-16-33(24,25)5)38-31-30(37)29(36)28(35)27(18-34)39-31/h9,19-20,22-31,34-37H,6-8,10-18H2,1-5H3/t20-,22?,23?,24-,25?,26?,27?,28-,29+,30?,31+,32+,33-/m1/s1. The second kappa shape index (κ2) is 11.6. The number of rotatable bonds is 8. The van der Waals surface area contributed by atoms with Crippen molar-refractivity contribution in [2.24, 2.45) is 46.3 Å². The molecule has 6 unspecified atom stereocenters. The van der Waals surface area contributed by atoms with Crippen LogP contribution in [0.5, 0.6) is 0 Å². The molecule has 224 valence electrons.